The standard InChI is InChI=1S/C5H10O2/c1-3-5(4-6)7-2/h4-5H,3H2,1-2H3. The van der Waals surface area contributed by atoms with Gasteiger partial charge in [0.05, 0.1) is 0 Å². The molecule has 7 heavy (non-hydrogen) atoms. The largest absolute Gasteiger partial charge is 0.374 e. The molecule has 0 rings (SSSR count). The van der Waals surface area contributed by atoms with Crippen LogP contribution in [0.25, 0.3) is 0 Å². The second-order valence-corrected chi connectivity index (χ2v) is 1.32. The first-order valence-corrected chi connectivity index (χ1v) is 2.33. The highest BCUT2D eigenvalue weighted by Crippen LogP contribution is 1.88. The SMILES string of the molecule is CCC(C=O)OC. The Morgan fingerprint density at radius 1 is 1.86 bits per heavy atom. The monoisotopic (exact) mass is 102 g/mol. The first kappa shape index (κ1) is 6.63. The number of ether oxygens (including phenoxy) is 1. The van der Waals surface area contributed by atoms with E-state index in [-0.39, 0.29) is 6.10 Å². The van der Waals surface area contributed by atoms with Crippen molar-refractivity contribution in [2.24, 2.45) is 0 Å². The summed E-state index contributed by atoms with van der Waals surface area (Å²) in [4.78, 5) is 9.84. The smallest absolute Gasteiger partial charge is 0.148 e. The van der Waals surface area contributed by atoms with Crippen molar-refractivity contribution in [2.75, 3.05) is 7.11 Å². The molecule has 0 heterocycles. The Balaban J connectivity index is 3.16. The maximum atomic E-state index is 9.84. The van der Waals surface area contributed by atoms with E-state index in [9.17, 15) is 4.79 Å². The van der Waals surface area contributed by atoms with Crippen molar-refractivity contribution in [1.29, 1.82) is 0 Å². The van der Waals surface area contributed by atoms with Gasteiger partial charge in [0.15, 0.2) is 0 Å². The molecule has 0 aliphatic rings. The Kier molecular flexibility index (Phi) is 3.61. The molecule has 0 aromatic heterocycles. The van der Waals surface area contributed by atoms with Gasteiger partial charge in [-0.15, -0.1) is 0 Å². The van der Waals surface area contributed by atoms with E-state index in [1.807, 2.05) is 6.92 Å². The lowest BCUT2D eigenvalue weighted by molar-refractivity contribution is -0.116. The lowest BCUT2D eigenvalue weighted by Gasteiger charge is -2.00. The van der Waals surface area contributed by atoms with E-state index < -0.39 is 0 Å². The van der Waals surface area contributed by atoms with Crippen molar-refractivity contribution in [3.63, 3.8) is 0 Å². The third-order valence-corrected chi connectivity index (χ3v) is 0.857. The van der Waals surface area contributed by atoms with Crippen molar-refractivity contribution in [1.82, 2.24) is 0 Å². The third-order valence-electron chi connectivity index (χ3n) is 0.857. The zero-order valence-electron chi connectivity index (χ0n) is 4.68. The molecular formula is C5H10O2. The van der Waals surface area contributed by atoms with Gasteiger partial charge < -0.3 is 9.53 Å². The molecule has 0 aromatic rings. The molecule has 0 aliphatic carbocycles. The average molecular weight is 102 g/mol. The molecule has 0 amide bonds. The third kappa shape index (κ3) is 2.34. The average Bonchev–Trinajstić information content (AvgIpc) is 1.72. The first-order chi connectivity index (χ1) is 3.35. The molecule has 2 heteroatoms. The highest BCUT2D eigenvalue weighted by atomic mass is 16.5. The summed E-state index contributed by atoms with van der Waals surface area (Å²) in [6.45, 7) is 1.91. The van der Waals surface area contributed by atoms with Gasteiger partial charge in [-0.25, -0.2) is 0 Å². The zero-order valence-corrected chi connectivity index (χ0v) is 4.68. The van der Waals surface area contributed by atoms with E-state index >= 15 is 0 Å². The maximum absolute atomic E-state index is 9.84. The van der Waals surface area contributed by atoms with E-state index in [1.54, 1.807) is 0 Å². The van der Waals surface area contributed by atoms with Crippen LogP contribution in [0.5, 0.6) is 0 Å². The van der Waals surface area contributed by atoms with E-state index in [0.717, 1.165) is 12.7 Å². The molecule has 1 atom stereocenters. The fourth-order valence-electron chi connectivity index (χ4n) is 0.318. The summed E-state index contributed by atoms with van der Waals surface area (Å²) in [5.74, 6) is 0. The van der Waals surface area contributed by atoms with Crippen LogP contribution in [0.1, 0.15) is 13.3 Å². The van der Waals surface area contributed by atoms with Gasteiger partial charge in [0.1, 0.15) is 12.4 Å². The predicted molar refractivity (Wildman–Crippen MR) is 27.2 cm³/mol. The van der Waals surface area contributed by atoms with Crippen molar-refractivity contribution in [3.05, 3.63) is 0 Å². The normalized spacial score (nSPS) is 13.4. The second kappa shape index (κ2) is 3.81. The van der Waals surface area contributed by atoms with Gasteiger partial charge >= 0.3 is 0 Å². The van der Waals surface area contributed by atoms with Crippen LogP contribution in [0.15, 0.2) is 0 Å². The van der Waals surface area contributed by atoms with Crippen LogP contribution in [0, 0.1) is 0 Å². The number of rotatable bonds is 3. The quantitative estimate of drug-likeness (QED) is 0.488. The molecule has 0 bridgehead atoms. The molecule has 0 saturated heterocycles. The van der Waals surface area contributed by atoms with Crippen LogP contribution in [-0.2, 0) is 9.53 Å². The van der Waals surface area contributed by atoms with Gasteiger partial charge in [0.2, 0.25) is 0 Å². The van der Waals surface area contributed by atoms with Crippen LogP contribution >= 0.6 is 0 Å². The molecule has 0 aromatic carbocycles. The summed E-state index contributed by atoms with van der Waals surface area (Å²) in [5.41, 5.74) is 0. The number of methoxy groups -OCH3 is 1. The van der Waals surface area contributed by atoms with Gasteiger partial charge in [-0.3, -0.25) is 0 Å². The number of aldehydes is 1. The van der Waals surface area contributed by atoms with Crippen molar-refractivity contribution in [2.45, 2.75) is 19.4 Å². The van der Waals surface area contributed by atoms with Crippen LogP contribution in [0.3, 0.4) is 0 Å². The minimum absolute atomic E-state index is 0.194. The van der Waals surface area contributed by atoms with Crippen LogP contribution < -0.4 is 0 Å². The first-order valence-electron chi connectivity index (χ1n) is 2.33. The van der Waals surface area contributed by atoms with Crippen LogP contribution in [0.2, 0.25) is 0 Å². The summed E-state index contributed by atoms with van der Waals surface area (Å²) >= 11 is 0. The summed E-state index contributed by atoms with van der Waals surface area (Å²) in [5, 5.41) is 0. The fraction of sp³-hybridized carbons (Fsp3) is 0.800. The molecule has 1 unspecified atom stereocenters. The Labute approximate surface area is 43.5 Å². The number of carbonyl (C=O) groups is 1. The van der Waals surface area contributed by atoms with E-state index in [4.69, 9.17) is 0 Å². The van der Waals surface area contributed by atoms with Gasteiger partial charge in [-0.05, 0) is 6.42 Å². The van der Waals surface area contributed by atoms with Crippen molar-refractivity contribution < 1.29 is 9.53 Å². The maximum Gasteiger partial charge on any atom is 0.148 e. The van der Waals surface area contributed by atoms with Gasteiger partial charge in [0.25, 0.3) is 0 Å². The minimum atomic E-state index is -0.194. The molecular weight excluding hydrogens is 92.1 g/mol. The van der Waals surface area contributed by atoms with Gasteiger partial charge in [0, 0.05) is 7.11 Å². The van der Waals surface area contributed by atoms with Gasteiger partial charge in [-0.2, -0.15) is 0 Å². The molecule has 0 aliphatic heterocycles. The highest BCUT2D eigenvalue weighted by molar-refractivity contribution is 5.55. The summed E-state index contributed by atoms with van der Waals surface area (Å²) in [6.07, 6.45) is 1.38. The molecule has 0 radical (unpaired) electrons. The Bertz CT molecular complexity index is 48.0. The summed E-state index contributed by atoms with van der Waals surface area (Å²) in [6, 6.07) is 0. The van der Waals surface area contributed by atoms with E-state index in [2.05, 4.69) is 4.74 Å². The molecule has 0 spiro atoms. The highest BCUT2D eigenvalue weighted by Gasteiger charge is 1.96. The molecule has 42 valence electrons. The number of hydrogen-bond acceptors (Lipinski definition) is 2. The zero-order chi connectivity index (χ0) is 5.70. The topological polar surface area (TPSA) is 26.3 Å². The minimum Gasteiger partial charge on any atom is -0.374 e. The lowest BCUT2D eigenvalue weighted by Crippen LogP contribution is -2.08. The second-order valence-electron chi connectivity index (χ2n) is 1.32. The predicted octanol–water partition coefficient (Wildman–Crippen LogP) is 0.610. The van der Waals surface area contributed by atoms with Gasteiger partial charge in [-0.1, -0.05) is 6.92 Å². The Morgan fingerprint density at radius 3 is 2.43 bits per heavy atom. The van der Waals surface area contributed by atoms with Crippen molar-refractivity contribution >= 4 is 6.29 Å². The van der Waals surface area contributed by atoms with E-state index in [0.29, 0.717) is 0 Å². The molecule has 2 nitrogen and oxygen atoms in total. The van der Waals surface area contributed by atoms with E-state index in [1.165, 1.54) is 7.11 Å². The number of hydrogen-bond donors (Lipinski definition) is 0. The Morgan fingerprint density at radius 2 is 2.43 bits per heavy atom. The van der Waals surface area contributed by atoms with Crippen LogP contribution in [-0.4, -0.2) is 19.5 Å². The molecule has 0 fully saturated rings. The fourth-order valence-corrected chi connectivity index (χ4v) is 0.318. The Hall–Kier alpha value is -0.370. The number of carbonyl (C=O) groups excluding carboxylic acids is 1. The van der Waals surface area contributed by atoms with Crippen LogP contribution in [0.4, 0.5) is 0 Å². The summed E-state index contributed by atoms with van der Waals surface area (Å²) < 4.78 is 4.68. The molecule has 0 saturated carbocycles. The lowest BCUT2D eigenvalue weighted by atomic mass is 10.3. The van der Waals surface area contributed by atoms with Crippen molar-refractivity contribution in [3.8, 4) is 0 Å². The summed E-state index contributed by atoms with van der Waals surface area (Å²) in [7, 11) is 1.53. The molecule has 0 N–H and O–H groups in total.